The van der Waals surface area contributed by atoms with Gasteiger partial charge in [0.15, 0.2) is 0 Å². The number of ether oxygens (including phenoxy) is 1. The first-order chi connectivity index (χ1) is 11.0. The van der Waals surface area contributed by atoms with Crippen LogP contribution in [-0.4, -0.2) is 6.61 Å². The Kier molecular flexibility index (Phi) is 6.09. The highest BCUT2D eigenvalue weighted by atomic mass is 16.5. The molecular weight excluding hydrogens is 282 g/mol. The molecule has 2 nitrogen and oxygen atoms in total. The Bertz CT molecular complexity index is 579. The quantitative estimate of drug-likeness (QED) is 0.655. The molecule has 0 heterocycles. The van der Waals surface area contributed by atoms with E-state index in [9.17, 15) is 0 Å². The molecule has 0 amide bonds. The van der Waals surface area contributed by atoms with Crippen molar-refractivity contribution < 1.29 is 4.74 Å². The Labute approximate surface area is 140 Å². The smallest absolute Gasteiger partial charge is 0.119 e. The second kappa shape index (κ2) is 8.05. The lowest BCUT2D eigenvalue weighted by atomic mass is 9.87. The fourth-order valence-electron chi connectivity index (χ4n) is 2.33. The average Bonchev–Trinajstić information content (AvgIpc) is 2.54. The monoisotopic (exact) mass is 311 g/mol. The summed E-state index contributed by atoms with van der Waals surface area (Å²) >= 11 is 0. The summed E-state index contributed by atoms with van der Waals surface area (Å²) in [5, 5.41) is 3.46. The Hall–Kier alpha value is -1.96. The van der Waals surface area contributed by atoms with Crippen molar-refractivity contribution in [3.8, 4) is 5.75 Å². The number of benzene rings is 2. The van der Waals surface area contributed by atoms with Gasteiger partial charge in [-0.15, -0.1) is 0 Å². The minimum absolute atomic E-state index is 0.208. The summed E-state index contributed by atoms with van der Waals surface area (Å²) in [6, 6.07) is 17.1. The SMILES string of the molecule is CCCCOc1ccc(NCc2ccc(C(C)(C)C)cc2)cc1. The van der Waals surface area contributed by atoms with Gasteiger partial charge < -0.3 is 10.1 Å². The van der Waals surface area contributed by atoms with Crippen LogP contribution in [-0.2, 0) is 12.0 Å². The molecule has 0 aromatic heterocycles. The molecule has 23 heavy (non-hydrogen) atoms. The van der Waals surface area contributed by atoms with Gasteiger partial charge in [-0.25, -0.2) is 0 Å². The standard InChI is InChI=1S/C21H29NO/c1-5-6-15-23-20-13-11-19(12-14-20)22-16-17-7-9-18(10-8-17)21(2,3)4/h7-14,22H,5-6,15-16H2,1-4H3. The second-order valence-corrected chi connectivity index (χ2v) is 7.03. The number of hydrogen-bond donors (Lipinski definition) is 1. The van der Waals surface area contributed by atoms with Gasteiger partial charge in [-0.1, -0.05) is 58.4 Å². The second-order valence-electron chi connectivity index (χ2n) is 7.03. The van der Waals surface area contributed by atoms with Crippen LogP contribution in [0.15, 0.2) is 48.5 Å². The van der Waals surface area contributed by atoms with E-state index in [1.54, 1.807) is 0 Å². The van der Waals surface area contributed by atoms with E-state index in [4.69, 9.17) is 4.74 Å². The maximum absolute atomic E-state index is 5.68. The van der Waals surface area contributed by atoms with Crippen LogP contribution in [0.25, 0.3) is 0 Å². The molecule has 0 aliphatic carbocycles. The van der Waals surface area contributed by atoms with Gasteiger partial charge in [-0.05, 0) is 47.2 Å². The summed E-state index contributed by atoms with van der Waals surface area (Å²) in [6.07, 6.45) is 2.26. The zero-order chi connectivity index (χ0) is 16.7. The Morgan fingerprint density at radius 3 is 2.13 bits per heavy atom. The maximum atomic E-state index is 5.68. The van der Waals surface area contributed by atoms with Crippen molar-refractivity contribution in [1.29, 1.82) is 0 Å². The van der Waals surface area contributed by atoms with Gasteiger partial charge in [0.1, 0.15) is 5.75 Å². The van der Waals surface area contributed by atoms with E-state index in [2.05, 4.69) is 69.4 Å². The van der Waals surface area contributed by atoms with Crippen molar-refractivity contribution in [2.45, 2.75) is 52.5 Å². The Morgan fingerprint density at radius 1 is 0.913 bits per heavy atom. The van der Waals surface area contributed by atoms with E-state index in [1.165, 1.54) is 11.1 Å². The van der Waals surface area contributed by atoms with Gasteiger partial charge in [0.2, 0.25) is 0 Å². The molecule has 0 aliphatic heterocycles. The van der Waals surface area contributed by atoms with E-state index in [0.717, 1.165) is 37.4 Å². The minimum Gasteiger partial charge on any atom is -0.494 e. The third-order valence-electron chi connectivity index (χ3n) is 3.94. The van der Waals surface area contributed by atoms with E-state index in [-0.39, 0.29) is 5.41 Å². The van der Waals surface area contributed by atoms with Crippen LogP contribution in [0.1, 0.15) is 51.7 Å². The van der Waals surface area contributed by atoms with E-state index in [1.807, 2.05) is 12.1 Å². The molecule has 0 spiro atoms. The number of hydrogen-bond acceptors (Lipinski definition) is 2. The summed E-state index contributed by atoms with van der Waals surface area (Å²) in [5.41, 5.74) is 3.99. The van der Waals surface area contributed by atoms with Crippen LogP contribution < -0.4 is 10.1 Å². The summed E-state index contributed by atoms with van der Waals surface area (Å²) < 4.78 is 5.68. The Morgan fingerprint density at radius 2 is 1.57 bits per heavy atom. The van der Waals surface area contributed by atoms with Crippen LogP contribution in [0.5, 0.6) is 5.75 Å². The average molecular weight is 311 g/mol. The van der Waals surface area contributed by atoms with Gasteiger partial charge in [0, 0.05) is 12.2 Å². The molecule has 2 heteroatoms. The molecule has 2 aromatic rings. The molecule has 0 atom stereocenters. The van der Waals surface area contributed by atoms with Crippen molar-refractivity contribution in [2.75, 3.05) is 11.9 Å². The van der Waals surface area contributed by atoms with E-state index in [0.29, 0.717) is 0 Å². The van der Waals surface area contributed by atoms with Crippen molar-refractivity contribution in [1.82, 2.24) is 0 Å². The molecule has 0 radical (unpaired) electrons. The highest BCUT2D eigenvalue weighted by Crippen LogP contribution is 2.22. The normalized spacial score (nSPS) is 11.3. The molecule has 2 rings (SSSR count). The molecule has 0 fully saturated rings. The lowest BCUT2D eigenvalue weighted by Gasteiger charge is -2.19. The third-order valence-corrected chi connectivity index (χ3v) is 3.94. The maximum Gasteiger partial charge on any atom is 0.119 e. The van der Waals surface area contributed by atoms with Crippen LogP contribution >= 0.6 is 0 Å². The van der Waals surface area contributed by atoms with Crippen LogP contribution in [0.3, 0.4) is 0 Å². The molecule has 0 aliphatic rings. The number of rotatable bonds is 7. The first kappa shape index (κ1) is 17.4. The van der Waals surface area contributed by atoms with Gasteiger partial charge in [-0.3, -0.25) is 0 Å². The summed E-state index contributed by atoms with van der Waals surface area (Å²) in [4.78, 5) is 0. The first-order valence-electron chi connectivity index (χ1n) is 8.55. The summed E-state index contributed by atoms with van der Waals surface area (Å²) in [5.74, 6) is 0.943. The lowest BCUT2D eigenvalue weighted by molar-refractivity contribution is 0.309. The van der Waals surface area contributed by atoms with Gasteiger partial charge in [0.25, 0.3) is 0 Å². The summed E-state index contributed by atoms with van der Waals surface area (Å²) in [7, 11) is 0. The molecule has 0 saturated carbocycles. The van der Waals surface area contributed by atoms with Crippen LogP contribution in [0.4, 0.5) is 5.69 Å². The number of unbranched alkanes of at least 4 members (excludes halogenated alkanes) is 1. The molecule has 0 unspecified atom stereocenters. The number of nitrogens with one attached hydrogen (secondary N) is 1. The first-order valence-corrected chi connectivity index (χ1v) is 8.55. The van der Waals surface area contributed by atoms with E-state index >= 15 is 0 Å². The lowest BCUT2D eigenvalue weighted by Crippen LogP contribution is -2.11. The van der Waals surface area contributed by atoms with Crippen LogP contribution in [0.2, 0.25) is 0 Å². The van der Waals surface area contributed by atoms with Crippen LogP contribution in [0, 0.1) is 0 Å². The molecule has 2 aromatic carbocycles. The zero-order valence-electron chi connectivity index (χ0n) is 14.9. The van der Waals surface area contributed by atoms with Gasteiger partial charge >= 0.3 is 0 Å². The molecule has 124 valence electrons. The number of anilines is 1. The molecule has 0 bridgehead atoms. The highest BCUT2D eigenvalue weighted by molar-refractivity contribution is 5.47. The van der Waals surface area contributed by atoms with Gasteiger partial charge in [0.05, 0.1) is 6.61 Å². The molecule has 1 N–H and O–H groups in total. The summed E-state index contributed by atoms with van der Waals surface area (Å²) in [6.45, 7) is 10.5. The van der Waals surface area contributed by atoms with Crippen molar-refractivity contribution in [2.24, 2.45) is 0 Å². The predicted molar refractivity (Wildman–Crippen MR) is 99.3 cm³/mol. The zero-order valence-corrected chi connectivity index (χ0v) is 14.9. The fraction of sp³-hybridized carbons (Fsp3) is 0.429. The van der Waals surface area contributed by atoms with Crippen molar-refractivity contribution >= 4 is 5.69 Å². The topological polar surface area (TPSA) is 21.3 Å². The van der Waals surface area contributed by atoms with Crippen molar-refractivity contribution in [3.05, 3.63) is 59.7 Å². The minimum atomic E-state index is 0.208. The molecular formula is C21H29NO. The molecule has 0 saturated heterocycles. The van der Waals surface area contributed by atoms with Gasteiger partial charge in [-0.2, -0.15) is 0 Å². The third kappa shape index (κ3) is 5.63. The largest absolute Gasteiger partial charge is 0.494 e. The van der Waals surface area contributed by atoms with E-state index < -0.39 is 0 Å². The fourth-order valence-corrected chi connectivity index (χ4v) is 2.33. The highest BCUT2D eigenvalue weighted by Gasteiger charge is 2.12. The van der Waals surface area contributed by atoms with Crippen molar-refractivity contribution in [3.63, 3.8) is 0 Å². The predicted octanol–water partition coefficient (Wildman–Crippen LogP) is 5.78. The Balaban J connectivity index is 1.86.